The molecule has 0 aliphatic heterocycles. The minimum Gasteiger partial charge on any atom is -0.487 e. The van der Waals surface area contributed by atoms with Crippen molar-refractivity contribution in [1.82, 2.24) is 10.3 Å². The van der Waals surface area contributed by atoms with Crippen LogP contribution in [0.1, 0.15) is 34.6 Å². The zero-order valence-electron chi connectivity index (χ0n) is 13.3. The highest BCUT2D eigenvalue weighted by atomic mass is 32.1. The summed E-state index contributed by atoms with van der Waals surface area (Å²) in [5.41, 5.74) is 4.37. The lowest BCUT2D eigenvalue weighted by Crippen LogP contribution is -2.26. The van der Waals surface area contributed by atoms with Crippen LogP contribution in [0.15, 0.2) is 65.5 Å². The first-order valence-corrected chi connectivity index (χ1v) is 8.62. The number of ether oxygens (including phenoxy) is 1. The molecular weight excluding hydrogens is 320 g/mol. The second-order valence-electron chi connectivity index (χ2n) is 5.40. The molecule has 4 nitrogen and oxygen atoms in total. The fourth-order valence-electron chi connectivity index (χ4n) is 2.27. The SMILES string of the molecule is C[C@H](NC(=O)c1ccc(OCc2cscn2)cc1)c1ccccc1. The number of benzene rings is 2. The number of aromatic nitrogens is 1. The Hall–Kier alpha value is -2.66. The number of nitrogens with zero attached hydrogens (tertiary/aromatic N) is 1. The van der Waals surface area contributed by atoms with E-state index in [1.165, 1.54) is 0 Å². The number of nitrogens with one attached hydrogen (secondary N) is 1. The van der Waals surface area contributed by atoms with E-state index in [1.54, 1.807) is 41.1 Å². The van der Waals surface area contributed by atoms with Gasteiger partial charge in [0.15, 0.2) is 0 Å². The van der Waals surface area contributed by atoms with Crippen LogP contribution in [-0.2, 0) is 6.61 Å². The third-order valence-electron chi connectivity index (χ3n) is 3.63. The van der Waals surface area contributed by atoms with Gasteiger partial charge in [-0.05, 0) is 36.8 Å². The molecular formula is C19H18N2O2S. The molecule has 0 fully saturated rings. The van der Waals surface area contributed by atoms with Gasteiger partial charge >= 0.3 is 0 Å². The molecule has 2 aromatic carbocycles. The summed E-state index contributed by atoms with van der Waals surface area (Å²) in [5.74, 6) is 0.619. The smallest absolute Gasteiger partial charge is 0.251 e. The van der Waals surface area contributed by atoms with E-state index in [4.69, 9.17) is 4.74 Å². The third kappa shape index (κ3) is 4.20. The van der Waals surface area contributed by atoms with Gasteiger partial charge in [0.25, 0.3) is 5.91 Å². The van der Waals surface area contributed by atoms with E-state index in [1.807, 2.05) is 42.6 Å². The van der Waals surface area contributed by atoms with E-state index in [0.717, 1.165) is 17.0 Å². The van der Waals surface area contributed by atoms with Gasteiger partial charge in [0.05, 0.1) is 17.2 Å². The van der Waals surface area contributed by atoms with E-state index in [-0.39, 0.29) is 11.9 Å². The molecule has 1 N–H and O–H groups in total. The van der Waals surface area contributed by atoms with Crippen LogP contribution in [0.5, 0.6) is 5.75 Å². The van der Waals surface area contributed by atoms with Crippen LogP contribution in [0.3, 0.4) is 0 Å². The summed E-state index contributed by atoms with van der Waals surface area (Å²) in [5, 5.41) is 4.95. The maximum atomic E-state index is 12.3. The fourth-order valence-corrected chi connectivity index (χ4v) is 2.82. The molecule has 0 saturated heterocycles. The molecule has 1 aromatic heterocycles. The van der Waals surface area contributed by atoms with Crippen LogP contribution in [0.25, 0.3) is 0 Å². The Bertz CT molecular complexity index is 771. The van der Waals surface area contributed by atoms with Gasteiger partial charge in [-0.2, -0.15) is 0 Å². The maximum Gasteiger partial charge on any atom is 0.251 e. The molecule has 0 spiro atoms. The second kappa shape index (κ2) is 7.75. The average molecular weight is 338 g/mol. The van der Waals surface area contributed by atoms with Crippen LogP contribution in [0.2, 0.25) is 0 Å². The molecule has 1 amide bonds. The van der Waals surface area contributed by atoms with Crippen molar-refractivity contribution < 1.29 is 9.53 Å². The zero-order valence-corrected chi connectivity index (χ0v) is 14.1. The number of amides is 1. The van der Waals surface area contributed by atoms with Gasteiger partial charge in [-0.25, -0.2) is 4.98 Å². The van der Waals surface area contributed by atoms with Crippen molar-refractivity contribution in [2.75, 3.05) is 0 Å². The van der Waals surface area contributed by atoms with Gasteiger partial charge in [-0.1, -0.05) is 30.3 Å². The van der Waals surface area contributed by atoms with Crippen LogP contribution in [-0.4, -0.2) is 10.9 Å². The minimum atomic E-state index is -0.0996. The molecule has 0 aliphatic rings. The van der Waals surface area contributed by atoms with E-state index in [2.05, 4.69) is 10.3 Å². The highest BCUT2D eigenvalue weighted by molar-refractivity contribution is 7.07. The summed E-state index contributed by atoms with van der Waals surface area (Å²) >= 11 is 1.54. The van der Waals surface area contributed by atoms with Gasteiger partial charge in [-0.3, -0.25) is 4.79 Å². The first-order valence-electron chi connectivity index (χ1n) is 7.68. The molecule has 0 unspecified atom stereocenters. The van der Waals surface area contributed by atoms with Crippen molar-refractivity contribution in [3.8, 4) is 5.75 Å². The quantitative estimate of drug-likeness (QED) is 0.732. The summed E-state index contributed by atoms with van der Waals surface area (Å²) in [6, 6.07) is 17.0. The van der Waals surface area contributed by atoms with Crippen molar-refractivity contribution >= 4 is 17.2 Å². The van der Waals surface area contributed by atoms with E-state index < -0.39 is 0 Å². The molecule has 3 aromatic rings. The van der Waals surface area contributed by atoms with E-state index in [0.29, 0.717) is 12.2 Å². The Labute approximate surface area is 145 Å². The summed E-state index contributed by atoms with van der Waals surface area (Å²) < 4.78 is 5.65. The first-order chi connectivity index (χ1) is 11.7. The number of hydrogen-bond donors (Lipinski definition) is 1. The standard InChI is InChI=1S/C19H18N2O2S/c1-14(15-5-3-2-4-6-15)21-19(22)16-7-9-18(10-8-16)23-11-17-12-24-13-20-17/h2-10,12-14H,11H2,1H3,(H,21,22)/t14-/m0/s1. The van der Waals surface area contributed by atoms with Crippen LogP contribution in [0.4, 0.5) is 0 Å². The number of carbonyl (C=O) groups is 1. The van der Waals surface area contributed by atoms with Crippen molar-refractivity contribution in [1.29, 1.82) is 0 Å². The summed E-state index contributed by atoms with van der Waals surface area (Å²) in [4.78, 5) is 16.5. The molecule has 0 bridgehead atoms. The minimum absolute atomic E-state index is 0.0423. The van der Waals surface area contributed by atoms with Crippen molar-refractivity contribution in [2.24, 2.45) is 0 Å². The van der Waals surface area contributed by atoms with E-state index >= 15 is 0 Å². The Morgan fingerprint density at radius 1 is 1.17 bits per heavy atom. The molecule has 5 heteroatoms. The summed E-state index contributed by atoms with van der Waals surface area (Å²) in [6.45, 7) is 2.40. The molecule has 122 valence electrons. The summed E-state index contributed by atoms with van der Waals surface area (Å²) in [7, 11) is 0. The third-order valence-corrected chi connectivity index (χ3v) is 4.27. The Morgan fingerprint density at radius 3 is 2.58 bits per heavy atom. The van der Waals surface area contributed by atoms with Crippen LogP contribution in [0, 0.1) is 0 Å². The molecule has 1 atom stereocenters. The lowest BCUT2D eigenvalue weighted by Gasteiger charge is -2.14. The average Bonchev–Trinajstić information content (AvgIpc) is 3.14. The topological polar surface area (TPSA) is 51.2 Å². The van der Waals surface area contributed by atoms with Crippen molar-refractivity contribution in [3.05, 3.63) is 82.3 Å². The predicted molar refractivity (Wildman–Crippen MR) is 95.2 cm³/mol. The molecule has 0 aliphatic carbocycles. The molecule has 24 heavy (non-hydrogen) atoms. The monoisotopic (exact) mass is 338 g/mol. The Morgan fingerprint density at radius 2 is 1.92 bits per heavy atom. The first kappa shape index (κ1) is 16.2. The lowest BCUT2D eigenvalue weighted by molar-refractivity contribution is 0.0940. The molecule has 0 saturated carbocycles. The van der Waals surface area contributed by atoms with Gasteiger partial charge < -0.3 is 10.1 Å². The second-order valence-corrected chi connectivity index (χ2v) is 6.12. The van der Waals surface area contributed by atoms with Gasteiger partial charge in [0, 0.05) is 10.9 Å². The van der Waals surface area contributed by atoms with Crippen molar-refractivity contribution in [3.63, 3.8) is 0 Å². The number of hydrogen-bond acceptors (Lipinski definition) is 4. The van der Waals surface area contributed by atoms with Crippen LogP contribution >= 0.6 is 11.3 Å². The molecule has 1 heterocycles. The van der Waals surface area contributed by atoms with E-state index in [9.17, 15) is 4.79 Å². The normalized spacial score (nSPS) is 11.7. The lowest BCUT2D eigenvalue weighted by atomic mass is 10.1. The number of thiazole rings is 1. The van der Waals surface area contributed by atoms with Gasteiger partial charge in [-0.15, -0.1) is 11.3 Å². The van der Waals surface area contributed by atoms with Crippen molar-refractivity contribution in [2.45, 2.75) is 19.6 Å². The molecule has 3 rings (SSSR count). The number of carbonyl (C=O) groups excluding carboxylic acids is 1. The summed E-state index contributed by atoms with van der Waals surface area (Å²) in [6.07, 6.45) is 0. The zero-order chi connectivity index (χ0) is 16.8. The number of rotatable bonds is 6. The van der Waals surface area contributed by atoms with Gasteiger partial charge in [0.2, 0.25) is 0 Å². The predicted octanol–water partition coefficient (Wildman–Crippen LogP) is 4.21. The highest BCUT2D eigenvalue weighted by Gasteiger charge is 2.11. The van der Waals surface area contributed by atoms with Crippen LogP contribution < -0.4 is 10.1 Å². The fraction of sp³-hybridized carbons (Fsp3) is 0.158. The Balaban J connectivity index is 1.57. The Kier molecular flexibility index (Phi) is 5.23. The molecule has 0 radical (unpaired) electrons. The maximum absolute atomic E-state index is 12.3. The highest BCUT2D eigenvalue weighted by Crippen LogP contribution is 2.16. The largest absolute Gasteiger partial charge is 0.487 e. The van der Waals surface area contributed by atoms with Gasteiger partial charge in [0.1, 0.15) is 12.4 Å².